The summed E-state index contributed by atoms with van der Waals surface area (Å²) in [6.07, 6.45) is 0. The fraction of sp³-hybridized carbons (Fsp3) is 0.181. The Kier molecular flexibility index (Phi) is 9.76. The van der Waals surface area contributed by atoms with Gasteiger partial charge >= 0.3 is 0 Å². The van der Waals surface area contributed by atoms with E-state index in [1.165, 1.54) is 115 Å². The third kappa shape index (κ3) is 6.54. The first-order valence-electron chi connectivity index (χ1n) is 27.1. The third-order valence-corrected chi connectivity index (χ3v) is 17.3. The van der Waals surface area contributed by atoms with Crippen LogP contribution in [0.1, 0.15) is 107 Å². The number of aromatic amines is 1. The Morgan fingerprint density at radius 3 is 1.74 bits per heavy atom. The van der Waals surface area contributed by atoms with Crippen LogP contribution in [0.3, 0.4) is 0 Å². The van der Waals surface area contributed by atoms with Gasteiger partial charge in [0.1, 0.15) is 0 Å². The van der Waals surface area contributed by atoms with Gasteiger partial charge in [0.2, 0.25) is 6.71 Å². The minimum Gasteiger partial charge on any atom is -0.355 e. The molecule has 4 heteroatoms. The van der Waals surface area contributed by atoms with Gasteiger partial charge in [-0.3, -0.25) is 0 Å². The summed E-state index contributed by atoms with van der Waals surface area (Å²) in [5.74, 6) is 0. The summed E-state index contributed by atoms with van der Waals surface area (Å²) in [6, 6.07) is 76.3. The van der Waals surface area contributed by atoms with E-state index in [0.717, 1.165) is 22.3 Å². The molecule has 0 unspecified atom stereocenters. The molecule has 1 aromatic heterocycles. The monoisotopic (exact) mass is 977 g/mol. The number of anilines is 3. The van der Waals surface area contributed by atoms with E-state index in [-0.39, 0.29) is 23.0 Å². The Bertz CT molecular complexity index is 4360. The standard InChI is InChI=1S/C72H60BN3/c1-69(2,3)50-30-35-61-56(38-50)72(48-22-12-10-13-23-48,49-24-14-11-15-25-49)57-39-52(71(7,8)9)40-59-68(57)76(61)62-37-47(46-21-16-18-43(36-46)42-74)28-34-58(62)73(59)66-55-32-27-45-20-17-19-44-26-31-54(64(55)63(44)45)65-53-33-29-51(70(4,5)6)41-60(53)75-67(65)66/h10-41,75H,1-9H3. The molecule has 0 aliphatic carbocycles. The number of nitriles is 1. The maximum atomic E-state index is 10.2. The molecular weight excluding hydrogens is 918 g/mol. The number of nitrogens with zero attached hydrogens (tertiary/aromatic N) is 2. The number of hydrogen-bond acceptors (Lipinski definition) is 2. The number of aromatic nitrogens is 1. The molecule has 0 amide bonds. The molecule has 3 nitrogen and oxygen atoms in total. The highest BCUT2D eigenvalue weighted by Gasteiger charge is 2.52. The van der Waals surface area contributed by atoms with Crippen LogP contribution in [0.2, 0.25) is 0 Å². The van der Waals surface area contributed by atoms with Crippen LogP contribution >= 0.6 is 0 Å². The molecule has 0 saturated heterocycles. The highest BCUT2D eigenvalue weighted by atomic mass is 15.2. The number of benzene rings is 11. The van der Waals surface area contributed by atoms with E-state index in [1.54, 1.807) is 0 Å². The Morgan fingerprint density at radius 2 is 1.07 bits per heavy atom. The van der Waals surface area contributed by atoms with Gasteiger partial charge in [0.25, 0.3) is 0 Å². The molecule has 0 spiro atoms. The zero-order chi connectivity index (χ0) is 52.2. The van der Waals surface area contributed by atoms with Gasteiger partial charge in [-0.1, -0.05) is 226 Å². The Balaban J connectivity index is 1.22. The van der Waals surface area contributed by atoms with Crippen molar-refractivity contribution in [2.24, 2.45) is 0 Å². The van der Waals surface area contributed by atoms with Crippen LogP contribution in [-0.4, -0.2) is 11.7 Å². The van der Waals surface area contributed by atoms with E-state index in [9.17, 15) is 5.26 Å². The van der Waals surface area contributed by atoms with E-state index in [0.29, 0.717) is 5.56 Å². The molecule has 0 bridgehead atoms. The van der Waals surface area contributed by atoms with Crippen molar-refractivity contribution in [1.82, 2.24) is 4.98 Å². The van der Waals surface area contributed by atoms with E-state index < -0.39 is 5.41 Å². The summed E-state index contributed by atoms with van der Waals surface area (Å²) < 4.78 is 0. The van der Waals surface area contributed by atoms with Crippen LogP contribution in [0.4, 0.5) is 17.1 Å². The van der Waals surface area contributed by atoms with Crippen molar-refractivity contribution in [2.45, 2.75) is 84.0 Å². The first-order valence-corrected chi connectivity index (χ1v) is 27.1. The van der Waals surface area contributed by atoms with Gasteiger partial charge < -0.3 is 9.88 Å². The average molecular weight is 978 g/mol. The number of H-pyrrole nitrogens is 1. The van der Waals surface area contributed by atoms with Crippen molar-refractivity contribution in [2.75, 3.05) is 4.90 Å². The average Bonchev–Trinajstić information content (AvgIpc) is 3.87. The molecule has 0 radical (unpaired) electrons. The first kappa shape index (κ1) is 46.2. The number of rotatable bonds is 4. The second kappa shape index (κ2) is 16.1. The lowest BCUT2D eigenvalue weighted by Crippen LogP contribution is -2.59. The Hall–Kier alpha value is -8.39. The van der Waals surface area contributed by atoms with Crippen LogP contribution < -0.4 is 21.3 Å². The molecule has 366 valence electrons. The van der Waals surface area contributed by atoms with E-state index in [2.05, 4.69) is 254 Å². The molecule has 11 aromatic carbocycles. The van der Waals surface area contributed by atoms with Gasteiger partial charge in [-0.15, -0.1) is 0 Å². The molecule has 76 heavy (non-hydrogen) atoms. The molecule has 14 rings (SSSR count). The molecule has 12 aromatic rings. The highest BCUT2D eigenvalue weighted by molar-refractivity contribution is 7.01. The lowest BCUT2D eigenvalue weighted by molar-refractivity contribution is 0.584. The quantitative estimate of drug-likeness (QED) is 0.141. The maximum absolute atomic E-state index is 10.2. The van der Waals surface area contributed by atoms with Crippen LogP contribution in [-0.2, 0) is 21.7 Å². The second-order valence-corrected chi connectivity index (χ2v) is 24.9. The smallest absolute Gasteiger partial charge is 0.250 e. The lowest BCUT2D eigenvalue weighted by Gasteiger charge is -2.51. The topological polar surface area (TPSA) is 42.8 Å². The van der Waals surface area contributed by atoms with Crippen LogP contribution in [0.15, 0.2) is 194 Å². The van der Waals surface area contributed by atoms with Gasteiger partial charge in [0.15, 0.2) is 0 Å². The van der Waals surface area contributed by atoms with Crippen molar-refractivity contribution < 1.29 is 0 Å². The van der Waals surface area contributed by atoms with E-state index in [1.807, 2.05) is 18.2 Å². The summed E-state index contributed by atoms with van der Waals surface area (Å²) in [5.41, 5.74) is 20.3. The fourth-order valence-electron chi connectivity index (χ4n) is 13.5. The predicted octanol–water partition coefficient (Wildman–Crippen LogP) is 16.6. The largest absolute Gasteiger partial charge is 0.355 e. The Morgan fingerprint density at radius 1 is 0.461 bits per heavy atom. The van der Waals surface area contributed by atoms with E-state index >= 15 is 0 Å². The minimum atomic E-state index is -0.718. The van der Waals surface area contributed by atoms with Crippen molar-refractivity contribution in [1.29, 1.82) is 5.26 Å². The summed E-state index contributed by atoms with van der Waals surface area (Å²) in [6.45, 7) is 20.9. The summed E-state index contributed by atoms with van der Waals surface area (Å²) in [5, 5.41) is 20.4. The molecule has 3 heterocycles. The molecule has 2 aliphatic heterocycles. The normalized spacial score (nSPS) is 14.2. The summed E-state index contributed by atoms with van der Waals surface area (Å²) in [7, 11) is 0. The molecule has 0 atom stereocenters. The molecule has 0 fully saturated rings. The zero-order valence-electron chi connectivity index (χ0n) is 44.9. The SMILES string of the molecule is CC(C)(C)c1ccc2c(c1)C(c1ccccc1)(c1ccccc1)c1cc(C(C)(C)C)cc3c1N2c1cc(-c2cccc(C#N)c2)ccc1B3c1c2ccc3cccc4ccc(c5c1[nH]c1cc(C(C)(C)C)ccc15)c2c34. The van der Waals surface area contributed by atoms with Crippen LogP contribution in [0.25, 0.3) is 65.3 Å². The molecule has 2 aliphatic rings. The van der Waals surface area contributed by atoms with Crippen molar-refractivity contribution >= 4 is 94.3 Å². The Labute approximate surface area is 446 Å². The van der Waals surface area contributed by atoms with Gasteiger partial charge in [-0.05, 0) is 145 Å². The minimum absolute atomic E-state index is 0.0328. The van der Waals surface area contributed by atoms with Crippen molar-refractivity contribution in [3.05, 3.63) is 239 Å². The lowest BCUT2D eigenvalue weighted by atomic mass is 9.33. The first-order chi connectivity index (χ1) is 36.5. The number of hydrogen-bond donors (Lipinski definition) is 1. The third-order valence-electron chi connectivity index (χ3n) is 17.3. The number of nitrogens with one attached hydrogen (secondary N) is 1. The highest BCUT2D eigenvalue weighted by Crippen LogP contribution is 2.59. The fourth-order valence-corrected chi connectivity index (χ4v) is 13.5. The summed E-state index contributed by atoms with van der Waals surface area (Å²) >= 11 is 0. The zero-order valence-corrected chi connectivity index (χ0v) is 44.9. The molecule has 0 saturated carbocycles. The summed E-state index contributed by atoms with van der Waals surface area (Å²) in [4.78, 5) is 6.87. The maximum Gasteiger partial charge on any atom is 0.250 e. The predicted molar refractivity (Wildman–Crippen MR) is 323 cm³/mol. The molecular formula is C72H60BN3. The second-order valence-electron chi connectivity index (χ2n) is 24.9. The van der Waals surface area contributed by atoms with E-state index in [4.69, 9.17) is 0 Å². The van der Waals surface area contributed by atoms with Crippen molar-refractivity contribution in [3.63, 3.8) is 0 Å². The van der Waals surface area contributed by atoms with Gasteiger partial charge in [0, 0.05) is 33.2 Å². The van der Waals surface area contributed by atoms with Crippen molar-refractivity contribution in [3.8, 4) is 17.2 Å². The van der Waals surface area contributed by atoms with Gasteiger partial charge in [-0.2, -0.15) is 5.26 Å². The number of fused-ring (bicyclic) bond motifs is 8. The van der Waals surface area contributed by atoms with Crippen LogP contribution in [0, 0.1) is 11.3 Å². The van der Waals surface area contributed by atoms with Crippen LogP contribution in [0.5, 0.6) is 0 Å². The van der Waals surface area contributed by atoms with Gasteiger partial charge in [0.05, 0.1) is 22.7 Å². The van der Waals surface area contributed by atoms with Gasteiger partial charge in [-0.25, -0.2) is 0 Å². The molecule has 1 N–H and O–H groups in total.